The molecule has 0 saturated carbocycles. The van der Waals surface area contributed by atoms with Gasteiger partial charge in [-0.15, -0.1) is 0 Å². The van der Waals surface area contributed by atoms with Crippen LogP contribution in [-0.2, 0) is 20.8 Å². The van der Waals surface area contributed by atoms with Gasteiger partial charge in [0.1, 0.15) is 0 Å². The number of nitrogens with zero attached hydrogens (tertiary/aromatic N) is 3. The molecule has 0 aliphatic carbocycles. The Bertz CT molecular complexity index is 574. The molecule has 3 saturated heterocycles. The molecule has 132 valence electrons. The van der Waals surface area contributed by atoms with E-state index in [2.05, 4.69) is 20.6 Å². The molecule has 2 N–H and O–H groups in total. The third kappa shape index (κ3) is 3.06. The van der Waals surface area contributed by atoms with Gasteiger partial charge < -0.3 is 20.1 Å². The maximum absolute atomic E-state index is 12.7. The van der Waals surface area contributed by atoms with Crippen molar-refractivity contribution in [3.63, 3.8) is 0 Å². The van der Waals surface area contributed by atoms with Crippen LogP contribution in [-0.4, -0.2) is 79.7 Å². The highest BCUT2D eigenvalue weighted by atomic mass is 16.5. The molecule has 0 bridgehead atoms. The number of nitrogens with one attached hydrogen (secondary N) is 2. The van der Waals surface area contributed by atoms with E-state index < -0.39 is 5.41 Å². The number of anilines is 1. The van der Waals surface area contributed by atoms with Crippen molar-refractivity contribution in [2.75, 3.05) is 64.5 Å². The Morgan fingerprint density at radius 1 is 1.38 bits per heavy atom. The molecule has 24 heavy (non-hydrogen) atoms. The van der Waals surface area contributed by atoms with Crippen molar-refractivity contribution in [2.24, 2.45) is 11.3 Å². The zero-order valence-corrected chi connectivity index (χ0v) is 13.9. The average Bonchev–Trinajstić information content (AvgIpc) is 3.29. The smallest absolute Gasteiger partial charge is 0.235 e. The number of amides is 1. The largest absolute Gasteiger partial charge is 0.380 e. The molecule has 1 aromatic rings. The van der Waals surface area contributed by atoms with Gasteiger partial charge in [-0.05, 0) is 0 Å². The van der Waals surface area contributed by atoms with Crippen molar-refractivity contribution >= 4 is 11.7 Å². The van der Waals surface area contributed by atoms with Gasteiger partial charge >= 0.3 is 0 Å². The highest BCUT2D eigenvalue weighted by Crippen LogP contribution is 2.38. The molecule has 1 aromatic heterocycles. The normalized spacial score (nSPS) is 30.4. The van der Waals surface area contributed by atoms with Gasteiger partial charge in [-0.3, -0.25) is 14.4 Å². The number of rotatable bonds is 5. The third-order valence-electron chi connectivity index (χ3n) is 5.37. The van der Waals surface area contributed by atoms with Crippen molar-refractivity contribution in [1.29, 1.82) is 0 Å². The van der Waals surface area contributed by atoms with E-state index in [0.29, 0.717) is 25.6 Å². The van der Waals surface area contributed by atoms with E-state index in [1.807, 2.05) is 16.9 Å². The van der Waals surface area contributed by atoms with Crippen LogP contribution in [0.4, 0.5) is 5.82 Å². The molecule has 1 amide bonds. The van der Waals surface area contributed by atoms with Gasteiger partial charge in [-0.1, -0.05) is 0 Å². The monoisotopic (exact) mass is 335 g/mol. The highest BCUT2D eigenvalue weighted by Gasteiger charge is 2.53. The van der Waals surface area contributed by atoms with Crippen molar-refractivity contribution in [1.82, 2.24) is 20.0 Å². The van der Waals surface area contributed by atoms with Gasteiger partial charge in [-0.2, -0.15) is 5.10 Å². The molecule has 0 radical (unpaired) electrons. The lowest BCUT2D eigenvalue weighted by atomic mass is 9.80. The Labute approximate surface area is 141 Å². The van der Waals surface area contributed by atoms with Gasteiger partial charge in [0.15, 0.2) is 5.82 Å². The Balaban J connectivity index is 1.32. The molecule has 3 fully saturated rings. The number of hydrogen-bond acceptors (Lipinski definition) is 6. The number of hydrogen-bond donors (Lipinski definition) is 2. The fourth-order valence-corrected chi connectivity index (χ4v) is 3.77. The first-order valence-electron chi connectivity index (χ1n) is 8.70. The summed E-state index contributed by atoms with van der Waals surface area (Å²) >= 11 is 0. The van der Waals surface area contributed by atoms with Crippen LogP contribution in [0, 0.1) is 11.3 Å². The van der Waals surface area contributed by atoms with Crippen LogP contribution in [0.15, 0.2) is 12.3 Å². The van der Waals surface area contributed by atoms with Gasteiger partial charge in [0.05, 0.1) is 38.4 Å². The van der Waals surface area contributed by atoms with Crippen molar-refractivity contribution < 1.29 is 14.3 Å². The fraction of sp³-hybridized carbons (Fsp3) is 0.750. The van der Waals surface area contributed by atoms with Gasteiger partial charge in [0.25, 0.3) is 0 Å². The van der Waals surface area contributed by atoms with Crippen molar-refractivity contribution in [3.8, 4) is 0 Å². The Hall–Kier alpha value is -1.48. The second-order valence-electron chi connectivity index (χ2n) is 6.87. The fourth-order valence-electron chi connectivity index (χ4n) is 3.77. The summed E-state index contributed by atoms with van der Waals surface area (Å²) in [6.45, 7) is 8.00. The lowest BCUT2D eigenvalue weighted by Gasteiger charge is -2.26. The number of morpholine rings is 1. The van der Waals surface area contributed by atoms with Gasteiger partial charge in [-0.25, -0.2) is 0 Å². The summed E-state index contributed by atoms with van der Waals surface area (Å²) in [7, 11) is 0. The molecule has 0 aromatic carbocycles. The molecule has 8 heteroatoms. The van der Waals surface area contributed by atoms with E-state index in [0.717, 1.165) is 45.9 Å². The minimum absolute atomic E-state index is 0.0217. The Kier molecular flexibility index (Phi) is 4.53. The summed E-state index contributed by atoms with van der Waals surface area (Å²) in [5.74, 6) is 0.906. The number of carbonyl (C=O) groups is 1. The molecular formula is C16H25N5O3. The Morgan fingerprint density at radius 2 is 2.25 bits per heavy atom. The SMILES string of the molecule is O=C(Nc1ccn(CCN2CCOCC2)n1)[C@]12CNC[C@H]1COC2. The van der Waals surface area contributed by atoms with Gasteiger partial charge in [0.2, 0.25) is 5.91 Å². The summed E-state index contributed by atoms with van der Waals surface area (Å²) in [4.78, 5) is 15.1. The number of ether oxygens (including phenoxy) is 2. The molecule has 3 aliphatic heterocycles. The topological polar surface area (TPSA) is 80.7 Å². The van der Waals surface area contributed by atoms with E-state index in [-0.39, 0.29) is 11.8 Å². The van der Waals surface area contributed by atoms with Crippen molar-refractivity contribution in [3.05, 3.63) is 12.3 Å². The quantitative estimate of drug-likeness (QED) is 0.747. The van der Waals surface area contributed by atoms with E-state index in [9.17, 15) is 4.79 Å². The van der Waals surface area contributed by atoms with Crippen LogP contribution in [0.25, 0.3) is 0 Å². The van der Waals surface area contributed by atoms with Crippen LogP contribution < -0.4 is 10.6 Å². The minimum Gasteiger partial charge on any atom is -0.380 e. The van der Waals surface area contributed by atoms with Gasteiger partial charge in [0, 0.05) is 50.9 Å². The summed E-state index contributed by atoms with van der Waals surface area (Å²) in [5.41, 5.74) is -0.433. The predicted octanol–water partition coefficient (Wildman–Crippen LogP) is -0.610. The second-order valence-corrected chi connectivity index (χ2v) is 6.87. The van der Waals surface area contributed by atoms with E-state index in [4.69, 9.17) is 9.47 Å². The first kappa shape index (κ1) is 16.0. The molecular weight excluding hydrogens is 310 g/mol. The maximum Gasteiger partial charge on any atom is 0.235 e. The first-order chi connectivity index (χ1) is 11.8. The van der Waals surface area contributed by atoms with Crippen LogP contribution in [0.3, 0.4) is 0 Å². The zero-order chi connectivity index (χ0) is 16.4. The Morgan fingerprint density at radius 3 is 3.12 bits per heavy atom. The summed E-state index contributed by atoms with van der Waals surface area (Å²) < 4.78 is 12.8. The zero-order valence-electron chi connectivity index (χ0n) is 13.9. The van der Waals surface area contributed by atoms with Crippen LogP contribution >= 0.6 is 0 Å². The first-order valence-corrected chi connectivity index (χ1v) is 8.70. The molecule has 4 heterocycles. The second kappa shape index (κ2) is 6.79. The van der Waals surface area contributed by atoms with E-state index in [1.165, 1.54) is 0 Å². The molecule has 0 unspecified atom stereocenters. The van der Waals surface area contributed by atoms with Crippen molar-refractivity contribution in [2.45, 2.75) is 6.54 Å². The number of fused-ring (bicyclic) bond motifs is 1. The number of aromatic nitrogens is 2. The van der Waals surface area contributed by atoms with Crippen LogP contribution in [0.1, 0.15) is 0 Å². The highest BCUT2D eigenvalue weighted by molar-refractivity contribution is 5.95. The lowest BCUT2D eigenvalue weighted by molar-refractivity contribution is -0.125. The summed E-state index contributed by atoms with van der Waals surface area (Å²) in [5, 5.41) is 10.8. The summed E-state index contributed by atoms with van der Waals surface area (Å²) in [6, 6.07) is 1.86. The molecule has 4 rings (SSSR count). The van der Waals surface area contributed by atoms with Crippen LogP contribution in [0.5, 0.6) is 0 Å². The minimum atomic E-state index is -0.433. The van der Waals surface area contributed by atoms with Crippen LogP contribution in [0.2, 0.25) is 0 Å². The van der Waals surface area contributed by atoms with E-state index >= 15 is 0 Å². The summed E-state index contributed by atoms with van der Waals surface area (Å²) in [6.07, 6.45) is 1.92. The molecule has 8 nitrogen and oxygen atoms in total. The average molecular weight is 335 g/mol. The predicted molar refractivity (Wildman–Crippen MR) is 87.7 cm³/mol. The molecule has 0 spiro atoms. The van der Waals surface area contributed by atoms with E-state index in [1.54, 1.807) is 0 Å². The number of carbonyl (C=O) groups excluding carboxylic acids is 1. The molecule has 2 atom stereocenters. The third-order valence-corrected chi connectivity index (χ3v) is 5.37. The maximum atomic E-state index is 12.7. The standard InChI is InChI=1S/C16H25N5O3/c22-15(16-11-17-9-13(16)10-24-12-16)18-14-1-2-21(19-14)4-3-20-5-7-23-8-6-20/h1-2,13,17H,3-12H2,(H,18,19,22)/t13-,16-/m0/s1. The molecule has 3 aliphatic rings. The lowest BCUT2D eigenvalue weighted by Crippen LogP contribution is -2.42.